The van der Waals surface area contributed by atoms with Crippen LogP contribution >= 0.6 is 23.5 Å². The van der Waals surface area contributed by atoms with E-state index in [2.05, 4.69) is 46.1 Å². The average molecular weight is 302 g/mol. The Morgan fingerprint density at radius 3 is 2.68 bits per heavy atom. The summed E-state index contributed by atoms with van der Waals surface area (Å²) in [5, 5.41) is 7.00. The van der Waals surface area contributed by atoms with Crippen molar-refractivity contribution in [3.8, 4) is 0 Å². The maximum Gasteiger partial charge on any atom is 0.191 e. The van der Waals surface area contributed by atoms with E-state index in [1.807, 2.05) is 7.05 Å². The average Bonchev–Trinajstić information content (AvgIpc) is 2.87. The third-order valence-electron chi connectivity index (χ3n) is 4.05. The van der Waals surface area contributed by atoms with Crippen molar-refractivity contribution >= 4 is 29.5 Å². The molecule has 0 saturated carbocycles. The minimum atomic E-state index is 0.402. The van der Waals surface area contributed by atoms with E-state index < -0.39 is 0 Å². The van der Waals surface area contributed by atoms with Crippen molar-refractivity contribution < 1.29 is 0 Å². The molecule has 1 atom stereocenters. The van der Waals surface area contributed by atoms with Gasteiger partial charge in [-0.15, -0.1) is 0 Å². The lowest BCUT2D eigenvalue weighted by atomic mass is 10.0. The van der Waals surface area contributed by atoms with Crippen LogP contribution in [0.5, 0.6) is 0 Å². The summed E-state index contributed by atoms with van der Waals surface area (Å²) in [5.74, 6) is 5.77. The Kier molecular flexibility index (Phi) is 6.20. The Bertz CT molecular complexity index is 295. The van der Waals surface area contributed by atoms with Crippen LogP contribution < -0.4 is 10.6 Å². The number of hydrogen-bond donors (Lipinski definition) is 2. The minimum Gasteiger partial charge on any atom is -0.356 e. The third-order valence-corrected chi connectivity index (χ3v) is 6.64. The number of aliphatic imine (C=N–C) groups is 1. The van der Waals surface area contributed by atoms with Crippen molar-refractivity contribution in [3.63, 3.8) is 0 Å². The van der Waals surface area contributed by atoms with Crippen molar-refractivity contribution in [1.29, 1.82) is 0 Å². The lowest BCUT2D eigenvalue weighted by Crippen LogP contribution is -2.45. The van der Waals surface area contributed by atoms with Gasteiger partial charge in [0, 0.05) is 24.9 Å². The number of nitrogens with zero attached hydrogens (tertiary/aromatic N) is 1. The predicted octanol–water partition coefficient (Wildman–Crippen LogP) is 2.58. The van der Waals surface area contributed by atoms with Gasteiger partial charge in [0.05, 0.1) is 0 Å². The first-order chi connectivity index (χ1) is 9.22. The van der Waals surface area contributed by atoms with Crippen molar-refractivity contribution in [2.75, 3.05) is 37.4 Å². The molecule has 0 radical (unpaired) electrons. The molecule has 3 nitrogen and oxygen atoms in total. The van der Waals surface area contributed by atoms with Gasteiger partial charge in [0.1, 0.15) is 0 Å². The molecule has 2 heterocycles. The van der Waals surface area contributed by atoms with Gasteiger partial charge >= 0.3 is 0 Å². The van der Waals surface area contributed by atoms with Crippen molar-refractivity contribution in [1.82, 2.24) is 10.6 Å². The molecule has 0 aromatic carbocycles. The monoisotopic (exact) mass is 301 g/mol. The Morgan fingerprint density at radius 1 is 1.26 bits per heavy atom. The van der Waals surface area contributed by atoms with Crippen LogP contribution in [-0.2, 0) is 0 Å². The van der Waals surface area contributed by atoms with E-state index in [9.17, 15) is 0 Å². The molecule has 2 rings (SSSR count). The van der Waals surface area contributed by atoms with E-state index in [4.69, 9.17) is 0 Å². The topological polar surface area (TPSA) is 36.4 Å². The fourth-order valence-corrected chi connectivity index (χ4v) is 5.11. The number of guanidine groups is 1. The summed E-state index contributed by atoms with van der Waals surface area (Å²) in [6.45, 7) is 4.46. The molecule has 0 aliphatic carbocycles. The van der Waals surface area contributed by atoms with Gasteiger partial charge in [-0.2, -0.15) is 23.5 Å². The van der Waals surface area contributed by atoms with Crippen molar-refractivity contribution in [2.24, 2.45) is 10.9 Å². The highest BCUT2D eigenvalue weighted by molar-refractivity contribution is 8.00. The SMILES string of the molecule is CN=C(NCC1CCSCC1)NCC1(C)CCCS1. The Balaban J connectivity index is 1.68. The zero-order chi connectivity index (χ0) is 13.6. The van der Waals surface area contributed by atoms with E-state index in [0.717, 1.165) is 25.0 Å². The number of nitrogens with one attached hydrogen (secondary N) is 2. The zero-order valence-electron chi connectivity index (χ0n) is 12.2. The van der Waals surface area contributed by atoms with Gasteiger partial charge in [0.25, 0.3) is 0 Å². The van der Waals surface area contributed by atoms with Crippen LogP contribution in [0.25, 0.3) is 0 Å². The number of hydrogen-bond acceptors (Lipinski definition) is 3. The molecule has 0 bridgehead atoms. The molecule has 2 aliphatic heterocycles. The molecule has 1 unspecified atom stereocenters. The second kappa shape index (κ2) is 7.67. The molecule has 0 aromatic rings. The zero-order valence-corrected chi connectivity index (χ0v) is 13.8. The van der Waals surface area contributed by atoms with Gasteiger partial charge in [-0.25, -0.2) is 0 Å². The first kappa shape index (κ1) is 15.4. The summed E-state index contributed by atoms with van der Waals surface area (Å²) in [6, 6.07) is 0. The highest BCUT2D eigenvalue weighted by Crippen LogP contribution is 2.36. The first-order valence-corrected chi connectivity index (χ1v) is 9.52. The van der Waals surface area contributed by atoms with E-state index in [-0.39, 0.29) is 0 Å². The maximum absolute atomic E-state index is 4.34. The van der Waals surface area contributed by atoms with Crippen LogP contribution in [0.1, 0.15) is 32.6 Å². The smallest absolute Gasteiger partial charge is 0.191 e. The highest BCUT2D eigenvalue weighted by atomic mass is 32.2. The molecule has 5 heteroatoms. The van der Waals surface area contributed by atoms with E-state index >= 15 is 0 Å². The lowest BCUT2D eigenvalue weighted by molar-refractivity contribution is 0.477. The summed E-state index contributed by atoms with van der Waals surface area (Å²) in [5.41, 5.74) is 0. The molecule has 110 valence electrons. The van der Waals surface area contributed by atoms with Crippen LogP contribution in [0.3, 0.4) is 0 Å². The van der Waals surface area contributed by atoms with Gasteiger partial charge in [0.15, 0.2) is 5.96 Å². The van der Waals surface area contributed by atoms with E-state index in [0.29, 0.717) is 4.75 Å². The normalized spacial score (nSPS) is 29.5. The molecule has 2 N–H and O–H groups in total. The van der Waals surface area contributed by atoms with Crippen LogP contribution in [0, 0.1) is 5.92 Å². The number of rotatable bonds is 4. The largest absolute Gasteiger partial charge is 0.356 e. The quantitative estimate of drug-likeness (QED) is 0.618. The maximum atomic E-state index is 4.34. The fourth-order valence-electron chi connectivity index (χ4n) is 2.66. The lowest BCUT2D eigenvalue weighted by Gasteiger charge is -2.26. The second-order valence-corrected chi connectivity index (χ2v) is 8.67. The first-order valence-electron chi connectivity index (χ1n) is 7.38. The van der Waals surface area contributed by atoms with Crippen molar-refractivity contribution in [3.05, 3.63) is 0 Å². The van der Waals surface area contributed by atoms with E-state index in [1.165, 1.54) is 42.9 Å². The van der Waals surface area contributed by atoms with E-state index in [1.54, 1.807) is 0 Å². The summed E-state index contributed by atoms with van der Waals surface area (Å²) < 4.78 is 0.402. The minimum absolute atomic E-state index is 0.402. The highest BCUT2D eigenvalue weighted by Gasteiger charge is 2.29. The molecule has 2 aliphatic rings. The molecule has 0 aromatic heterocycles. The van der Waals surface area contributed by atoms with Crippen LogP contribution in [0.4, 0.5) is 0 Å². The van der Waals surface area contributed by atoms with Gasteiger partial charge in [-0.3, -0.25) is 4.99 Å². The van der Waals surface area contributed by atoms with Crippen molar-refractivity contribution in [2.45, 2.75) is 37.4 Å². The Hall–Kier alpha value is -0.0300. The van der Waals surface area contributed by atoms with Gasteiger partial charge in [-0.05, 0) is 55.8 Å². The number of thioether (sulfide) groups is 2. The molecule has 0 amide bonds. The van der Waals surface area contributed by atoms with Gasteiger partial charge in [-0.1, -0.05) is 0 Å². The molecule has 19 heavy (non-hydrogen) atoms. The van der Waals surface area contributed by atoms with Crippen LogP contribution in [-0.4, -0.2) is 48.1 Å². The standard InChI is InChI=1S/C14H27N3S2/c1-14(6-3-7-19-14)11-17-13(15-2)16-10-12-4-8-18-9-5-12/h12H,3-11H2,1-2H3,(H2,15,16,17). The predicted molar refractivity (Wildman–Crippen MR) is 89.5 cm³/mol. The summed E-state index contributed by atoms with van der Waals surface area (Å²) in [7, 11) is 1.87. The molecule has 2 fully saturated rings. The third kappa shape index (κ3) is 5.10. The van der Waals surface area contributed by atoms with Crippen LogP contribution in [0.15, 0.2) is 4.99 Å². The summed E-state index contributed by atoms with van der Waals surface area (Å²) in [4.78, 5) is 4.34. The Morgan fingerprint density at radius 2 is 2.05 bits per heavy atom. The summed E-state index contributed by atoms with van der Waals surface area (Å²) in [6.07, 6.45) is 5.38. The second-order valence-electron chi connectivity index (χ2n) is 5.76. The van der Waals surface area contributed by atoms with Gasteiger partial charge in [0.2, 0.25) is 0 Å². The van der Waals surface area contributed by atoms with Gasteiger partial charge < -0.3 is 10.6 Å². The Labute approximate surface area is 126 Å². The molecular weight excluding hydrogens is 274 g/mol. The molecule has 2 saturated heterocycles. The fraction of sp³-hybridized carbons (Fsp3) is 0.929. The summed E-state index contributed by atoms with van der Waals surface area (Å²) >= 11 is 4.18. The van der Waals surface area contributed by atoms with Crippen LogP contribution in [0.2, 0.25) is 0 Å². The molecular formula is C14H27N3S2. The molecule has 0 spiro atoms.